The van der Waals surface area contributed by atoms with Gasteiger partial charge in [0, 0.05) is 24.0 Å². The van der Waals surface area contributed by atoms with Crippen LogP contribution >= 0.6 is 11.3 Å². The molecule has 1 atom stereocenters. The molecule has 3 N–H and O–H groups in total. The molecule has 0 bridgehead atoms. The second kappa shape index (κ2) is 6.91. The zero-order valence-corrected chi connectivity index (χ0v) is 13.0. The smallest absolute Gasteiger partial charge is 0.123 e. The lowest BCUT2D eigenvalue weighted by Crippen LogP contribution is -2.25. The van der Waals surface area contributed by atoms with Gasteiger partial charge < -0.3 is 11.1 Å². The molecule has 4 nitrogen and oxygen atoms in total. The van der Waals surface area contributed by atoms with Crippen molar-refractivity contribution in [2.45, 2.75) is 31.8 Å². The average molecular weight is 302 g/mol. The minimum absolute atomic E-state index is 0.531. The Morgan fingerprint density at radius 3 is 3.00 bits per heavy atom. The van der Waals surface area contributed by atoms with E-state index in [1.54, 1.807) is 0 Å². The fourth-order valence-corrected chi connectivity index (χ4v) is 3.55. The van der Waals surface area contributed by atoms with Gasteiger partial charge in [-0.1, -0.05) is 6.07 Å². The fraction of sp³-hybridized carbons (Fsp3) is 0.438. The molecule has 1 fully saturated rings. The minimum atomic E-state index is 0.531. The molecule has 1 saturated heterocycles. The predicted molar refractivity (Wildman–Crippen MR) is 89.5 cm³/mol. The molecule has 0 aromatic carbocycles. The first-order valence-electron chi connectivity index (χ1n) is 7.52. The minimum Gasteiger partial charge on any atom is -0.384 e. The quantitative estimate of drug-likeness (QED) is 0.910. The van der Waals surface area contributed by atoms with Crippen LogP contribution in [0.5, 0.6) is 0 Å². The number of likely N-dealkylation sites (tertiary alicyclic amines) is 1. The molecule has 0 spiro atoms. The van der Waals surface area contributed by atoms with E-state index in [0.717, 1.165) is 18.8 Å². The molecule has 3 heterocycles. The number of thiophene rings is 1. The third kappa shape index (κ3) is 4.19. The maximum absolute atomic E-state index is 5.62. The summed E-state index contributed by atoms with van der Waals surface area (Å²) in [5.74, 6) is 0.573. The van der Waals surface area contributed by atoms with Crippen LogP contribution in [0.3, 0.4) is 0 Å². The first kappa shape index (κ1) is 14.4. The van der Waals surface area contributed by atoms with E-state index < -0.39 is 0 Å². The molecule has 0 saturated carbocycles. The van der Waals surface area contributed by atoms with Crippen LogP contribution in [0.2, 0.25) is 0 Å². The molecular formula is C16H22N4S. The second-order valence-corrected chi connectivity index (χ2v) is 6.63. The number of hydrogen-bond acceptors (Lipinski definition) is 5. The molecule has 3 rings (SSSR count). The van der Waals surface area contributed by atoms with Crippen molar-refractivity contribution < 1.29 is 0 Å². The van der Waals surface area contributed by atoms with Gasteiger partial charge in [0.05, 0.1) is 11.9 Å². The molecule has 0 unspecified atom stereocenters. The summed E-state index contributed by atoms with van der Waals surface area (Å²) in [6.45, 7) is 3.43. The lowest BCUT2D eigenvalue weighted by Gasteiger charge is -2.20. The van der Waals surface area contributed by atoms with Crippen molar-refractivity contribution in [2.24, 2.45) is 0 Å². The second-order valence-electron chi connectivity index (χ2n) is 5.60. The molecule has 0 aliphatic carbocycles. The number of rotatable bonds is 4. The summed E-state index contributed by atoms with van der Waals surface area (Å²) in [6, 6.07) is 8.75. The monoisotopic (exact) mass is 302 g/mol. The first-order valence-corrected chi connectivity index (χ1v) is 8.40. The normalized spacial score (nSPS) is 20.1. The van der Waals surface area contributed by atoms with Crippen molar-refractivity contribution in [1.29, 1.82) is 0 Å². The lowest BCUT2D eigenvalue weighted by molar-refractivity contribution is 0.278. The fourth-order valence-electron chi connectivity index (χ4n) is 2.81. The van der Waals surface area contributed by atoms with Gasteiger partial charge in [-0.25, -0.2) is 4.98 Å². The van der Waals surface area contributed by atoms with Gasteiger partial charge in [0.2, 0.25) is 0 Å². The Labute approximate surface area is 130 Å². The van der Waals surface area contributed by atoms with E-state index in [4.69, 9.17) is 5.73 Å². The highest BCUT2D eigenvalue weighted by atomic mass is 32.1. The number of pyridine rings is 1. The van der Waals surface area contributed by atoms with Crippen molar-refractivity contribution >= 4 is 22.8 Å². The van der Waals surface area contributed by atoms with E-state index in [9.17, 15) is 0 Å². The zero-order chi connectivity index (χ0) is 14.5. The first-order chi connectivity index (χ1) is 10.3. The van der Waals surface area contributed by atoms with Crippen LogP contribution in [0, 0.1) is 0 Å². The van der Waals surface area contributed by atoms with E-state index in [2.05, 4.69) is 32.7 Å². The molecular weight excluding hydrogens is 280 g/mol. The van der Waals surface area contributed by atoms with Gasteiger partial charge in [0.1, 0.15) is 5.82 Å². The number of nitrogens with zero attached hydrogens (tertiary/aromatic N) is 2. The van der Waals surface area contributed by atoms with Crippen LogP contribution in [0.1, 0.15) is 24.1 Å². The van der Waals surface area contributed by atoms with Gasteiger partial charge in [-0.2, -0.15) is 0 Å². The van der Waals surface area contributed by atoms with Crippen LogP contribution < -0.4 is 11.1 Å². The van der Waals surface area contributed by atoms with E-state index >= 15 is 0 Å². The lowest BCUT2D eigenvalue weighted by atomic mass is 10.1. The molecule has 112 valence electrons. The molecule has 0 radical (unpaired) electrons. The van der Waals surface area contributed by atoms with E-state index in [0.29, 0.717) is 11.9 Å². The highest BCUT2D eigenvalue weighted by Gasteiger charge is 2.17. The third-order valence-corrected chi connectivity index (χ3v) is 4.80. The number of anilines is 2. The number of aromatic nitrogens is 1. The van der Waals surface area contributed by atoms with Gasteiger partial charge in [-0.3, -0.25) is 4.90 Å². The topological polar surface area (TPSA) is 54.2 Å². The Bertz CT molecular complexity index is 538. The van der Waals surface area contributed by atoms with Gasteiger partial charge >= 0.3 is 0 Å². The van der Waals surface area contributed by atoms with Crippen molar-refractivity contribution in [3.63, 3.8) is 0 Å². The van der Waals surface area contributed by atoms with Crippen LogP contribution in [0.25, 0.3) is 0 Å². The van der Waals surface area contributed by atoms with Crippen molar-refractivity contribution in [3.05, 3.63) is 40.7 Å². The molecule has 1 aliphatic heterocycles. The maximum atomic E-state index is 5.62. The van der Waals surface area contributed by atoms with Gasteiger partial charge in [-0.15, -0.1) is 11.3 Å². The Morgan fingerprint density at radius 1 is 1.29 bits per heavy atom. The van der Waals surface area contributed by atoms with Crippen molar-refractivity contribution in [1.82, 2.24) is 9.88 Å². The molecule has 0 amide bonds. The summed E-state index contributed by atoms with van der Waals surface area (Å²) >= 11 is 1.85. The molecule has 5 heteroatoms. The summed E-state index contributed by atoms with van der Waals surface area (Å²) in [5, 5.41) is 5.74. The number of hydrogen-bond donors (Lipinski definition) is 2. The zero-order valence-electron chi connectivity index (χ0n) is 12.2. The van der Waals surface area contributed by atoms with Crippen LogP contribution in [-0.2, 0) is 6.54 Å². The molecule has 2 aromatic heterocycles. The maximum Gasteiger partial charge on any atom is 0.123 e. The van der Waals surface area contributed by atoms with E-state index in [1.807, 2.05) is 29.7 Å². The van der Waals surface area contributed by atoms with Crippen molar-refractivity contribution in [3.8, 4) is 0 Å². The Morgan fingerprint density at radius 2 is 2.24 bits per heavy atom. The van der Waals surface area contributed by atoms with E-state index in [1.165, 1.54) is 30.7 Å². The standard InChI is InChI=1S/C16H22N4S/c17-16-6-5-14(11-18-16)19-13-3-1-8-20(9-7-13)12-15-4-2-10-21-15/h2,4-6,10-11,13,19H,1,3,7-9,12H2,(H2,17,18)/t13-/m0/s1. The van der Waals surface area contributed by atoms with Crippen LogP contribution in [0.15, 0.2) is 35.8 Å². The van der Waals surface area contributed by atoms with Crippen LogP contribution in [-0.4, -0.2) is 29.0 Å². The average Bonchev–Trinajstić information content (AvgIpc) is 2.89. The number of nitrogens with two attached hydrogens (primary N) is 1. The van der Waals surface area contributed by atoms with Crippen LogP contribution in [0.4, 0.5) is 11.5 Å². The highest BCUT2D eigenvalue weighted by Crippen LogP contribution is 2.19. The Kier molecular flexibility index (Phi) is 4.72. The van der Waals surface area contributed by atoms with Gasteiger partial charge in [0.25, 0.3) is 0 Å². The summed E-state index contributed by atoms with van der Waals surface area (Å²) in [6.07, 6.45) is 5.45. The molecule has 2 aromatic rings. The van der Waals surface area contributed by atoms with Gasteiger partial charge in [-0.05, 0) is 49.4 Å². The summed E-state index contributed by atoms with van der Waals surface area (Å²) in [7, 11) is 0. The SMILES string of the molecule is Nc1ccc(N[C@H]2CCCN(Cc3cccs3)CC2)cn1. The third-order valence-electron chi connectivity index (χ3n) is 3.94. The Hall–Kier alpha value is -1.59. The predicted octanol–water partition coefficient (Wildman–Crippen LogP) is 3.19. The molecule has 1 aliphatic rings. The Balaban J connectivity index is 1.52. The summed E-state index contributed by atoms with van der Waals surface area (Å²) in [5.41, 5.74) is 6.69. The summed E-state index contributed by atoms with van der Waals surface area (Å²) < 4.78 is 0. The summed E-state index contributed by atoms with van der Waals surface area (Å²) in [4.78, 5) is 8.17. The highest BCUT2D eigenvalue weighted by molar-refractivity contribution is 7.09. The number of nitrogen functional groups attached to an aromatic ring is 1. The molecule has 21 heavy (non-hydrogen) atoms. The largest absolute Gasteiger partial charge is 0.384 e. The van der Waals surface area contributed by atoms with Crippen molar-refractivity contribution in [2.75, 3.05) is 24.1 Å². The van der Waals surface area contributed by atoms with E-state index in [-0.39, 0.29) is 0 Å². The van der Waals surface area contributed by atoms with Gasteiger partial charge in [0.15, 0.2) is 0 Å². The number of nitrogens with one attached hydrogen (secondary N) is 1.